The molecule has 0 saturated heterocycles. The molecule has 0 aromatic heterocycles. The second-order valence-corrected chi connectivity index (χ2v) is 7.37. The lowest BCUT2D eigenvalue weighted by molar-refractivity contribution is -0.145. The summed E-state index contributed by atoms with van der Waals surface area (Å²) in [7, 11) is 0. The summed E-state index contributed by atoms with van der Waals surface area (Å²) in [4.78, 5) is 11.4. The van der Waals surface area contributed by atoms with Gasteiger partial charge in [0.25, 0.3) is 0 Å². The zero-order valence-corrected chi connectivity index (χ0v) is 17.2. The third-order valence-electron chi connectivity index (χ3n) is 4.15. The van der Waals surface area contributed by atoms with Gasteiger partial charge in [-0.25, -0.2) is 4.79 Å². The Kier molecular flexibility index (Phi) is 7.09. The Labute approximate surface area is 163 Å². The Morgan fingerprint density at radius 1 is 1.23 bits per heavy atom. The van der Waals surface area contributed by atoms with Crippen molar-refractivity contribution in [3.63, 3.8) is 0 Å². The Bertz CT molecular complexity index is 761. The van der Waals surface area contributed by atoms with E-state index >= 15 is 0 Å². The average Bonchev–Trinajstić information content (AvgIpc) is 2.57. The van der Waals surface area contributed by atoms with E-state index in [-0.39, 0.29) is 18.5 Å². The van der Waals surface area contributed by atoms with Crippen LogP contribution in [-0.4, -0.2) is 24.3 Å². The van der Waals surface area contributed by atoms with Crippen molar-refractivity contribution in [1.82, 2.24) is 0 Å². The zero-order valence-electron chi connectivity index (χ0n) is 15.6. The SMILES string of the molecule is CCOC(=O)COc1cc(C)c(Cc2ccc(O)c(C(C)C)c2)c(Br)c1. The summed E-state index contributed by atoms with van der Waals surface area (Å²) in [5.74, 6) is 0.843. The van der Waals surface area contributed by atoms with E-state index in [1.165, 1.54) is 0 Å². The first-order valence-electron chi connectivity index (χ1n) is 8.71. The molecule has 0 radical (unpaired) electrons. The van der Waals surface area contributed by atoms with Crippen molar-refractivity contribution in [3.05, 3.63) is 57.1 Å². The molecular formula is C21H25BrO4. The van der Waals surface area contributed by atoms with E-state index in [2.05, 4.69) is 35.8 Å². The van der Waals surface area contributed by atoms with Crippen LogP contribution in [-0.2, 0) is 16.0 Å². The number of aromatic hydroxyl groups is 1. The van der Waals surface area contributed by atoms with Gasteiger partial charge in [0.1, 0.15) is 11.5 Å². The number of carbonyl (C=O) groups is 1. The van der Waals surface area contributed by atoms with Crippen LogP contribution in [0.25, 0.3) is 0 Å². The van der Waals surface area contributed by atoms with Crippen LogP contribution in [0.2, 0.25) is 0 Å². The van der Waals surface area contributed by atoms with Gasteiger partial charge in [0.05, 0.1) is 6.61 Å². The van der Waals surface area contributed by atoms with Gasteiger partial charge in [-0.1, -0.05) is 41.9 Å². The van der Waals surface area contributed by atoms with Gasteiger partial charge in [0.15, 0.2) is 6.61 Å². The fourth-order valence-electron chi connectivity index (χ4n) is 2.78. The van der Waals surface area contributed by atoms with Gasteiger partial charge in [-0.05, 0) is 66.6 Å². The summed E-state index contributed by atoms with van der Waals surface area (Å²) in [6, 6.07) is 9.54. The Morgan fingerprint density at radius 3 is 2.58 bits per heavy atom. The molecule has 140 valence electrons. The molecule has 0 bridgehead atoms. The highest BCUT2D eigenvalue weighted by molar-refractivity contribution is 9.10. The summed E-state index contributed by atoms with van der Waals surface area (Å²) in [6.07, 6.45) is 0.741. The van der Waals surface area contributed by atoms with Crippen LogP contribution in [0.3, 0.4) is 0 Å². The molecule has 2 rings (SSSR count). The van der Waals surface area contributed by atoms with Crippen LogP contribution >= 0.6 is 15.9 Å². The highest BCUT2D eigenvalue weighted by atomic mass is 79.9. The predicted molar refractivity (Wildman–Crippen MR) is 106 cm³/mol. The minimum absolute atomic E-state index is 0.102. The van der Waals surface area contributed by atoms with E-state index in [1.54, 1.807) is 13.0 Å². The normalized spacial score (nSPS) is 10.8. The van der Waals surface area contributed by atoms with E-state index in [4.69, 9.17) is 9.47 Å². The highest BCUT2D eigenvalue weighted by Gasteiger charge is 2.12. The summed E-state index contributed by atoms with van der Waals surface area (Å²) >= 11 is 3.61. The second kappa shape index (κ2) is 9.08. The number of hydrogen-bond donors (Lipinski definition) is 1. The van der Waals surface area contributed by atoms with Crippen LogP contribution in [0.15, 0.2) is 34.8 Å². The smallest absolute Gasteiger partial charge is 0.344 e. The summed E-state index contributed by atoms with van der Waals surface area (Å²) in [5.41, 5.74) is 4.30. The van der Waals surface area contributed by atoms with Gasteiger partial charge in [0.2, 0.25) is 0 Å². The number of benzene rings is 2. The van der Waals surface area contributed by atoms with Crippen molar-refractivity contribution in [3.8, 4) is 11.5 Å². The number of halogens is 1. The zero-order chi connectivity index (χ0) is 19.3. The second-order valence-electron chi connectivity index (χ2n) is 6.52. The largest absolute Gasteiger partial charge is 0.508 e. The van der Waals surface area contributed by atoms with E-state index in [0.717, 1.165) is 33.1 Å². The van der Waals surface area contributed by atoms with E-state index < -0.39 is 0 Å². The van der Waals surface area contributed by atoms with Crippen molar-refractivity contribution in [1.29, 1.82) is 0 Å². The van der Waals surface area contributed by atoms with Gasteiger partial charge < -0.3 is 14.6 Å². The van der Waals surface area contributed by atoms with Gasteiger partial charge in [-0.2, -0.15) is 0 Å². The fraction of sp³-hybridized carbons (Fsp3) is 0.381. The third kappa shape index (κ3) is 5.24. The van der Waals surface area contributed by atoms with Crippen LogP contribution < -0.4 is 4.74 Å². The van der Waals surface area contributed by atoms with E-state index in [1.807, 2.05) is 25.1 Å². The summed E-state index contributed by atoms with van der Waals surface area (Å²) < 4.78 is 11.3. The lowest BCUT2D eigenvalue weighted by Gasteiger charge is -2.14. The van der Waals surface area contributed by atoms with Crippen molar-refractivity contribution >= 4 is 21.9 Å². The number of hydrogen-bond acceptors (Lipinski definition) is 4. The first-order valence-corrected chi connectivity index (χ1v) is 9.50. The maximum Gasteiger partial charge on any atom is 0.344 e. The number of phenols is 1. The molecule has 0 unspecified atom stereocenters. The maximum absolute atomic E-state index is 11.4. The quantitative estimate of drug-likeness (QED) is 0.631. The molecule has 2 aromatic carbocycles. The molecule has 2 aromatic rings. The van der Waals surface area contributed by atoms with Crippen molar-refractivity contribution in [2.75, 3.05) is 13.2 Å². The average molecular weight is 421 g/mol. The molecule has 0 aliphatic carbocycles. The van der Waals surface area contributed by atoms with Crippen LogP contribution in [0.1, 0.15) is 48.9 Å². The number of rotatable bonds is 7. The van der Waals surface area contributed by atoms with Crippen molar-refractivity contribution in [2.24, 2.45) is 0 Å². The number of phenolic OH excluding ortho intramolecular Hbond substituents is 1. The molecule has 1 N–H and O–H groups in total. The number of aryl methyl sites for hydroxylation is 1. The Hall–Kier alpha value is -2.01. The van der Waals surface area contributed by atoms with Gasteiger partial charge >= 0.3 is 5.97 Å². The first-order chi connectivity index (χ1) is 12.3. The monoisotopic (exact) mass is 420 g/mol. The van der Waals surface area contributed by atoms with Gasteiger partial charge in [0, 0.05) is 4.47 Å². The minimum Gasteiger partial charge on any atom is -0.508 e. The van der Waals surface area contributed by atoms with E-state index in [9.17, 15) is 9.90 Å². The predicted octanol–water partition coefficient (Wildman–Crippen LogP) is 5.12. The molecule has 0 amide bonds. The third-order valence-corrected chi connectivity index (χ3v) is 4.86. The van der Waals surface area contributed by atoms with Crippen LogP contribution in [0.4, 0.5) is 0 Å². The molecule has 4 nitrogen and oxygen atoms in total. The van der Waals surface area contributed by atoms with Crippen LogP contribution in [0.5, 0.6) is 11.5 Å². The number of esters is 1. The summed E-state index contributed by atoms with van der Waals surface area (Å²) in [5, 5.41) is 10.00. The Morgan fingerprint density at radius 2 is 1.96 bits per heavy atom. The molecule has 0 aliphatic heterocycles. The molecule has 0 heterocycles. The minimum atomic E-state index is -0.379. The first kappa shape index (κ1) is 20.3. The van der Waals surface area contributed by atoms with Crippen LogP contribution in [0, 0.1) is 6.92 Å². The number of carbonyl (C=O) groups excluding carboxylic acids is 1. The fourth-order valence-corrected chi connectivity index (χ4v) is 3.45. The highest BCUT2D eigenvalue weighted by Crippen LogP contribution is 2.31. The van der Waals surface area contributed by atoms with Crippen molar-refractivity contribution in [2.45, 2.75) is 40.0 Å². The number of ether oxygens (including phenoxy) is 2. The molecule has 0 atom stereocenters. The van der Waals surface area contributed by atoms with Gasteiger partial charge in [-0.15, -0.1) is 0 Å². The lowest BCUT2D eigenvalue weighted by Crippen LogP contribution is -2.14. The van der Waals surface area contributed by atoms with Gasteiger partial charge in [-0.3, -0.25) is 0 Å². The van der Waals surface area contributed by atoms with E-state index in [0.29, 0.717) is 18.1 Å². The molecule has 26 heavy (non-hydrogen) atoms. The maximum atomic E-state index is 11.4. The standard InChI is InChI=1S/C21H25BrO4/c1-5-25-21(24)12-26-16-8-14(4)18(19(22)11-16)10-15-6-7-20(23)17(9-15)13(2)3/h6-9,11,13,23H,5,10,12H2,1-4H3. The van der Waals surface area contributed by atoms with Crippen molar-refractivity contribution < 1.29 is 19.4 Å². The Balaban J connectivity index is 2.18. The molecule has 0 saturated carbocycles. The summed E-state index contributed by atoms with van der Waals surface area (Å²) in [6.45, 7) is 8.15. The molecular weight excluding hydrogens is 396 g/mol. The lowest BCUT2D eigenvalue weighted by atomic mass is 9.95. The molecule has 0 fully saturated rings. The molecule has 5 heteroatoms. The topological polar surface area (TPSA) is 55.8 Å². The molecule has 0 aliphatic rings. The molecule has 0 spiro atoms.